The number of ketones is 1. The zero-order chi connectivity index (χ0) is 15.3. The first-order chi connectivity index (χ1) is 9.27. The lowest BCUT2D eigenvalue weighted by Crippen LogP contribution is -2.24. The van der Waals surface area contributed by atoms with Crippen LogP contribution in [0.15, 0.2) is 41.8 Å². The second kappa shape index (κ2) is 6.40. The van der Waals surface area contributed by atoms with Crippen molar-refractivity contribution in [1.29, 1.82) is 0 Å². The van der Waals surface area contributed by atoms with Crippen LogP contribution < -0.4 is 0 Å². The lowest BCUT2D eigenvalue weighted by molar-refractivity contribution is -0.384. The molecule has 1 aromatic rings. The summed E-state index contributed by atoms with van der Waals surface area (Å²) in [6.45, 7) is 4.62. The number of Topliss-reactive ketones (excluding diaryl/α,β-unsaturated/α-hetero) is 1. The fourth-order valence-corrected chi connectivity index (χ4v) is 2.47. The zero-order valence-electron chi connectivity index (χ0n) is 10.7. The van der Waals surface area contributed by atoms with Crippen molar-refractivity contribution in [2.75, 3.05) is 0 Å². The smallest absolute Gasteiger partial charge is 0.297 e. The molecule has 20 heavy (non-hydrogen) atoms. The molecule has 0 amide bonds. The standard InChI is InChI=1S/C12H13NO6S/c1-3-4-12(9(2)14)19-20(17,18)11-7-5-10(6-8-11)13(15)16/h3,5-8,12H,1,4H2,2H3. The van der Waals surface area contributed by atoms with Gasteiger partial charge in [0.25, 0.3) is 15.8 Å². The van der Waals surface area contributed by atoms with Crippen LogP contribution in [0.1, 0.15) is 13.3 Å². The van der Waals surface area contributed by atoms with Gasteiger partial charge in [-0.05, 0) is 25.5 Å². The van der Waals surface area contributed by atoms with Crippen molar-refractivity contribution in [2.24, 2.45) is 0 Å². The Morgan fingerprint density at radius 1 is 1.45 bits per heavy atom. The Bertz CT molecular complexity index is 620. The third kappa shape index (κ3) is 3.97. The highest BCUT2D eigenvalue weighted by Crippen LogP contribution is 2.19. The molecule has 7 nitrogen and oxygen atoms in total. The van der Waals surface area contributed by atoms with Gasteiger partial charge in [0, 0.05) is 12.1 Å². The summed E-state index contributed by atoms with van der Waals surface area (Å²) in [5.41, 5.74) is -0.238. The topological polar surface area (TPSA) is 104 Å². The Labute approximate surface area is 116 Å². The van der Waals surface area contributed by atoms with Gasteiger partial charge in [0.15, 0.2) is 5.78 Å². The van der Waals surface area contributed by atoms with Gasteiger partial charge in [0.2, 0.25) is 0 Å². The van der Waals surface area contributed by atoms with Crippen molar-refractivity contribution in [2.45, 2.75) is 24.3 Å². The summed E-state index contributed by atoms with van der Waals surface area (Å²) in [4.78, 5) is 20.8. The summed E-state index contributed by atoms with van der Waals surface area (Å²) >= 11 is 0. The molecule has 0 saturated carbocycles. The van der Waals surface area contributed by atoms with Gasteiger partial charge in [-0.3, -0.25) is 19.1 Å². The van der Waals surface area contributed by atoms with E-state index in [0.29, 0.717) is 0 Å². The van der Waals surface area contributed by atoms with Crippen molar-refractivity contribution in [3.05, 3.63) is 47.0 Å². The van der Waals surface area contributed by atoms with E-state index in [1.807, 2.05) is 0 Å². The van der Waals surface area contributed by atoms with E-state index in [1.165, 1.54) is 13.0 Å². The average Bonchev–Trinajstić information content (AvgIpc) is 2.38. The first-order valence-electron chi connectivity index (χ1n) is 5.57. The van der Waals surface area contributed by atoms with Gasteiger partial charge in [-0.1, -0.05) is 6.08 Å². The lowest BCUT2D eigenvalue weighted by Gasteiger charge is -2.12. The molecule has 0 bridgehead atoms. The van der Waals surface area contributed by atoms with Crippen LogP contribution in [0.25, 0.3) is 0 Å². The maximum atomic E-state index is 11.9. The Kier molecular flexibility index (Phi) is 5.12. The second-order valence-electron chi connectivity index (χ2n) is 3.93. The Morgan fingerprint density at radius 2 is 2.00 bits per heavy atom. The van der Waals surface area contributed by atoms with Gasteiger partial charge in [-0.25, -0.2) is 0 Å². The Hall–Kier alpha value is -2.06. The number of nitro benzene ring substituents is 1. The van der Waals surface area contributed by atoms with Crippen LogP contribution in [-0.4, -0.2) is 25.2 Å². The summed E-state index contributed by atoms with van der Waals surface area (Å²) in [6, 6.07) is 4.20. The Morgan fingerprint density at radius 3 is 2.40 bits per heavy atom. The highest BCUT2D eigenvalue weighted by Gasteiger charge is 2.24. The largest absolute Gasteiger partial charge is 0.297 e. The summed E-state index contributed by atoms with van der Waals surface area (Å²) in [5, 5.41) is 10.5. The fraction of sp³-hybridized carbons (Fsp3) is 0.250. The zero-order valence-corrected chi connectivity index (χ0v) is 11.5. The van der Waals surface area contributed by atoms with Gasteiger partial charge in [0.05, 0.1) is 9.82 Å². The summed E-state index contributed by atoms with van der Waals surface area (Å²) in [5.74, 6) is -0.449. The van der Waals surface area contributed by atoms with Crippen molar-refractivity contribution < 1.29 is 22.3 Å². The Balaban J connectivity index is 3.00. The maximum Gasteiger partial charge on any atom is 0.297 e. The van der Waals surface area contributed by atoms with Gasteiger partial charge in [0.1, 0.15) is 6.10 Å². The van der Waals surface area contributed by atoms with Crippen molar-refractivity contribution in [3.8, 4) is 0 Å². The molecule has 1 rings (SSSR count). The molecule has 8 heteroatoms. The number of carbonyl (C=O) groups is 1. The van der Waals surface area contributed by atoms with Crippen molar-refractivity contribution in [1.82, 2.24) is 0 Å². The molecular weight excluding hydrogens is 286 g/mol. The van der Waals surface area contributed by atoms with Crippen LogP contribution in [0.4, 0.5) is 5.69 Å². The minimum Gasteiger partial charge on any atom is -0.297 e. The first-order valence-corrected chi connectivity index (χ1v) is 6.98. The summed E-state index contributed by atoms with van der Waals surface area (Å²) < 4.78 is 28.7. The highest BCUT2D eigenvalue weighted by atomic mass is 32.2. The number of nitrogens with zero attached hydrogens (tertiary/aromatic N) is 1. The number of nitro groups is 1. The van der Waals surface area contributed by atoms with Crippen LogP contribution in [0, 0.1) is 10.1 Å². The molecule has 108 valence electrons. The molecule has 0 spiro atoms. The highest BCUT2D eigenvalue weighted by molar-refractivity contribution is 7.86. The third-order valence-electron chi connectivity index (χ3n) is 2.41. The monoisotopic (exact) mass is 299 g/mol. The molecule has 0 aliphatic rings. The SMILES string of the molecule is C=CCC(OS(=O)(=O)c1ccc([N+](=O)[O-])cc1)C(C)=O. The molecule has 0 aromatic heterocycles. The van der Waals surface area contributed by atoms with E-state index in [4.69, 9.17) is 4.18 Å². The van der Waals surface area contributed by atoms with Crippen LogP contribution >= 0.6 is 0 Å². The fourth-order valence-electron chi connectivity index (χ4n) is 1.37. The number of non-ortho nitro benzene ring substituents is 1. The van der Waals surface area contributed by atoms with E-state index in [0.717, 1.165) is 24.3 Å². The normalized spacial score (nSPS) is 12.7. The van der Waals surface area contributed by atoms with E-state index in [1.54, 1.807) is 0 Å². The predicted molar refractivity (Wildman–Crippen MR) is 70.7 cm³/mol. The van der Waals surface area contributed by atoms with E-state index < -0.39 is 26.9 Å². The van der Waals surface area contributed by atoms with Crippen molar-refractivity contribution in [3.63, 3.8) is 0 Å². The molecule has 0 N–H and O–H groups in total. The minimum absolute atomic E-state index is 0.0571. The molecule has 1 aromatic carbocycles. The van der Waals surface area contributed by atoms with E-state index in [-0.39, 0.29) is 17.0 Å². The molecule has 0 aliphatic heterocycles. The van der Waals surface area contributed by atoms with Crippen LogP contribution in [0.3, 0.4) is 0 Å². The van der Waals surface area contributed by atoms with E-state index >= 15 is 0 Å². The molecule has 0 heterocycles. The number of hydrogen-bond acceptors (Lipinski definition) is 6. The number of hydrogen-bond donors (Lipinski definition) is 0. The summed E-state index contributed by atoms with van der Waals surface area (Å²) in [6.07, 6.45) is 0.284. The van der Waals surface area contributed by atoms with Crippen molar-refractivity contribution >= 4 is 21.6 Å². The first kappa shape index (κ1) is 16.0. The quantitative estimate of drug-likeness (QED) is 0.329. The molecule has 1 atom stereocenters. The van der Waals surface area contributed by atoms with E-state index in [9.17, 15) is 23.3 Å². The number of carbonyl (C=O) groups excluding carboxylic acids is 1. The van der Waals surface area contributed by atoms with E-state index in [2.05, 4.69) is 6.58 Å². The third-order valence-corrected chi connectivity index (χ3v) is 3.75. The average molecular weight is 299 g/mol. The number of rotatable bonds is 7. The minimum atomic E-state index is -4.16. The predicted octanol–water partition coefficient (Wildman–Crippen LogP) is 1.83. The molecule has 0 fully saturated rings. The van der Waals surface area contributed by atoms with Crippen LogP contribution in [0.5, 0.6) is 0 Å². The van der Waals surface area contributed by atoms with Gasteiger partial charge in [-0.2, -0.15) is 8.42 Å². The summed E-state index contributed by atoms with van der Waals surface area (Å²) in [7, 11) is -4.16. The van der Waals surface area contributed by atoms with Gasteiger partial charge in [-0.15, -0.1) is 6.58 Å². The molecule has 1 unspecified atom stereocenters. The molecule has 0 aliphatic carbocycles. The number of benzene rings is 1. The maximum absolute atomic E-state index is 11.9. The van der Waals surface area contributed by atoms with Crippen LogP contribution in [0.2, 0.25) is 0 Å². The molecule has 0 radical (unpaired) electrons. The molecular formula is C12H13NO6S. The van der Waals surface area contributed by atoms with Gasteiger partial charge < -0.3 is 0 Å². The van der Waals surface area contributed by atoms with Crippen LogP contribution in [-0.2, 0) is 19.1 Å². The lowest BCUT2D eigenvalue weighted by atomic mass is 10.2. The second-order valence-corrected chi connectivity index (χ2v) is 5.50. The molecule has 0 saturated heterocycles. The van der Waals surface area contributed by atoms with Gasteiger partial charge >= 0.3 is 0 Å².